The molecular weight excluding hydrogens is 248 g/mol. The average Bonchev–Trinajstić information content (AvgIpc) is 2.45. The lowest BCUT2D eigenvalue weighted by molar-refractivity contribution is -0.126. The van der Waals surface area contributed by atoms with Crippen molar-refractivity contribution in [3.05, 3.63) is 65.2 Å². The molecule has 2 aromatic rings. The Balaban J connectivity index is 1.97. The van der Waals surface area contributed by atoms with Gasteiger partial charge >= 0.3 is 0 Å². The summed E-state index contributed by atoms with van der Waals surface area (Å²) in [6, 6.07) is 15.7. The Bertz CT molecular complexity index is 648. The molecule has 1 amide bonds. The highest BCUT2D eigenvalue weighted by molar-refractivity contribution is 6.05. The predicted octanol–water partition coefficient (Wildman–Crippen LogP) is 2.72. The van der Waals surface area contributed by atoms with Crippen LogP contribution >= 0.6 is 0 Å². The van der Waals surface area contributed by atoms with Gasteiger partial charge in [0.2, 0.25) is 5.91 Å². The Labute approximate surface area is 119 Å². The maximum Gasteiger partial charge on any atom is 0.247 e. The van der Waals surface area contributed by atoms with E-state index in [0.29, 0.717) is 0 Å². The summed E-state index contributed by atoms with van der Waals surface area (Å²) in [5, 5.41) is 0. The third kappa shape index (κ3) is 2.00. The van der Waals surface area contributed by atoms with Gasteiger partial charge in [-0.25, -0.2) is 0 Å². The number of carbonyl (C=O) groups excluding carboxylic acids is 1. The molecule has 1 heterocycles. The number of amides is 1. The van der Waals surface area contributed by atoms with Gasteiger partial charge in [-0.05, 0) is 37.1 Å². The molecule has 0 radical (unpaired) electrons. The van der Waals surface area contributed by atoms with Crippen molar-refractivity contribution < 1.29 is 4.79 Å². The zero-order valence-corrected chi connectivity index (χ0v) is 11.7. The van der Waals surface area contributed by atoms with Crippen LogP contribution in [0.4, 0.5) is 5.69 Å². The molecule has 0 unspecified atom stereocenters. The SMILES string of the molecule is Cc1ccc([C@H]2[C@H](N)C(=O)N2c2cccc(C)c2)cc1. The topological polar surface area (TPSA) is 46.3 Å². The predicted molar refractivity (Wildman–Crippen MR) is 80.6 cm³/mol. The highest BCUT2D eigenvalue weighted by Crippen LogP contribution is 2.38. The standard InChI is InChI=1S/C17H18N2O/c1-11-6-8-13(9-7-11)16-15(18)17(20)19(16)14-5-3-4-12(2)10-14/h3-10,15-16H,18H2,1-2H3/t15-,16-/m0/s1. The van der Waals surface area contributed by atoms with E-state index in [0.717, 1.165) is 16.8 Å². The molecule has 1 fully saturated rings. The summed E-state index contributed by atoms with van der Waals surface area (Å²) in [5.41, 5.74) is 10.4. The fourth-order valence-electron chi connectivity index (χ4n) is 2.70. The Morgan fingerprint density at radius 3 is 2.35 bits per heavy atom. The summed E-state index contributed by atoms with van der Waals surface area (Å²) >= 11 is 0. The highest BCUT2D eigenvalue weighted by Gasteiger charge is 2.46. The van der Waals surface area contributed by atoms with E-state index in [1.807, 2.05) is 38.1 Å². The van der Waals surface area contributed by atoms with Crippen LogP contribution in [0.5, 0.6) is 0 Å². The number of nitrogens with two attached hydrogens (primary N) is 1. The Hall–Kier alpha value is -2.13. The van der Waals surface area contributed by atoms with Crippen molar-refractivity contribution in [2.45, 2.75) is 25.9 Å². The van der Waals surface area contributed by atoms with Crippen molar-refractivity contribution in [3.8, 4) is 0 Å². The van der Waals surface area contributed by atoms with Gasteiger partial charge in [-0.2, -0.15) is 0 Å². The first-order chi connectivity index (χ1) is 9.58. The number of nitrogens with zero attached hydrogens (tertiary/aromatic N) is 1. The van der Waals surface area contributed by atoms with Crippen molar-refractivity contribution in [2.75, 3.05) is 4.90 Å². The summed E-state index contributed by atoms with van der Waals surface area (Å²) in [6.07, 6.45) is 0. The summed E-state index contributed by atoms with van der Waals surface area (Å²) in [4.78, 5) is 13.9. The van der Waals surface area contributed by atoms with Crippen molar-refractivity contribution in [1.29, 1.82) is 0 Å². The Morgan fingerprint density at radius 2 is 1.70 bits per heavy atom. The number of hydrogen-bond donors (Lipinski definition) is 1. The van der Waals surface area contributed by atoms with E-state index >= 15 is 0 Å². The normalized spacial score (nSPS) is 21.8. The van der Waals surface area contributed by atoms with Crippen LogP contribution in [-0.4, -0.2) is 11.9 Å². The molecule has 102 valence electrons. The summed E-state index contributed by atoms with van der Waals surface area (Å²) in [6.45, 7) is 4.07. The van der Waals surface area contributed by atoms with Gasteiger partial charge in [0.15, 0.2) is 0 Å². The molecule has 1 aliphatic heterocycles. The van der Waals surface area contributed by atoms with Crippen LogP contribution in [0, 0.1) is 13.8 Å². The van der Waals surface area contributed by atoms with Crippen molar-refractivity contribution in [1.82, 2.24) is 0 Å². The third-order valence-electron chi connectivity index (χ3n) is 3.84. The lowest BCUT2D eigenvalue weighted by Gasteiger charge is -2.45. The highest BCUT2D eigenvalue weighted by atomic mass is 16.2. The number of aryl methyl sites for hydroxylation is 2. The molecule has 1 saturated heterocycles. The van der Waals surface area contributed by atoms with E-state index in [2.05, 4.69) is 24.3 Å². The van der Waals surface area contributed by atoms with Crippen LogP contribution in [0.15, 0.2) is 48.5 Å². The van der Waals surface area contributed by atoms with E-state index in [-0.39, 0.29) is 11.9 Å². The summed E-state index contributed by atoms with van der Waals surface area (Å²) < 4.78 is 0. The van der Waals surface area contributed by atoms with E-state index in [1.54, 1.807) is 4.90 Å². The van der Waals surface area contributed by atoms with E-state index in [4.69, 9.17) is 5.73 Å². The molecule has 0 aromatic heterocycles. The van der Waals surface area contributed by atoms with Gasteiger partial charge in [0, 0.05) is 5.69 Å². The monoisotopic (exact) mass is 266 g/mol. The van der Waals surface area contributed by atoms with E-state index in [1.165, 1.54) is 5.56 Å². The second kappa shape index (κ2) is 4.76. The van der Waals surface area contributed by atoms with E-state index < -0.39 is 6.04 Å². The number of carbonyl (C=O) groups is 1. The van der Waals surface area contributed by atoms with Crippen molar-refractivity contribution >= 4 is 11.6 Å². The molecule has 0 bridgehead atoms. The number of hydrogen-bond acceptors (Lipinski definition) is 2. The fourth-order valence-corrected chi connectivity index (χ4v) is 2.70. The molecular formula is C17H18N2O. The fraction of sp³-hybridized carbons (Fsp3) is 0.235. The Kier molecular flexibility index (Phi) is 3.07. The molecule has 1 aliphatic rings. The second-order valence-electron chi connectivity index (χ2n) is 5.43. The number of β-lactam (4-membered cyclic amide) rings is 1. The molecule has 3 rings (SSSR count). The summed E-state index contributed by atoms with van der Waals surface area (Å²) in [7, 11) is 0. The molecule has 0 aliphatic carbocycles. The summed E-state index contributed by atoms with van der Waals surface area (Å²) in [5.74, 6) is -0.0128. The van der Waals surface area contributed by atoms with Crippen LogP contribution < -0.4 is 10.6 Å². The molecule has 20 heavy (non-hydrogen) atoms. The van der Waals surface area contributed by atoms with Gasteiger partial charge in [0.1, 0.15) is 6.04 Å². The van der Waals surface area contributed by atoms with Crippen LogP contribution in [-0.2, 0) is 4.79 Å². The molecule has 0 spiro atoms. The first-order valence-corrected chi connectivity index (χ1v) is 6.80. The van der Waals surface area contributed by atoms with Gasteiger partial charge in [-0.3, -0.25) is 4.79 Å². The lowest BCUT2D eigenvalue weighted by atomic mass is 9.88. The quantitative estimate of drug-likeness (QED) is 0.849. The maximum absolute atomic E-state index is 12.1. The minimum atomic E-state index is -0.446. The molecule has 2 atom stereocenters. The number of rotatable bonds is 2. The molecule has 3 heteroatoms. The smallest absolute Gasteiger partial charge is 0.247 e. The molecule has 0 saturated carbocycles. The van der Waals surface area contributed by atoms with Gasteiger partial charge in [-0.1, -0.05) is 42.0 Å². The zero-order valence-electron chi connectivity index (χ0n) is 11.7. The zero-order chi connectivity index (χ0) is 14.3. The first kappa shape index (κ1) is 12.9. The molecule has 2 N–H and O–H groups in total. The van der Waals surface area contributed by atoms with Crippen LogP contribution in [0.3, 0.4) is 0 Å². The number of anilines is 1. The average molecular weight is 266 g/mol. The van der Waals surface area contributed by atoms with Gasteiger partial charge in [-0.15, -0.1) is 0 Å². The molecule has 3 nitrogen and oxygen atoms in total. The second-order valence-corrected chi connectivity index (χ2v) is 5.43. The third-order valence-corrected chi connectivity index (χ3v) is 3.84. The molecule has 2 aromatic carbocycles. The van der Waals surface area contributed by atoms with Crippen molar-refractivity contribution in [2.24, 2.45) is 5.73 Å². The Morgan fingerprint density at radius 1 is 1.00 bits per heavy atom. The van der Waals surface area contributed by atoms with Crippen LogP contribution in [0.25, 0.3) is 0 Å². The van der Waals surface area contributed by atoms with Crippen molar-refractivity contribution in [3.63, 3.8) is 0 Å². The minimum Gasteiger partial charge on any atom is -0.318 e. The van der Waals surface area contributed by atoms with Gasteiger partial charge < -0.3 is 10.6 Å². The van der Waals surface area contributed by atoms with Crippen LogP contribution in [0.1, 0.15) is 22.7 Å². The van der Waals surface area contributed by atoms with Gasteiger partial charge in [0.05, 0.1) is 6.04 Å². The maximum atomic E-state index is 12.1. The largest absolute Gasteiger partial charge is 0.318 e. The number of benzene rings is 2. The van der Waals surface area contributed by atoms with E-state index in [9.17, 15) is 4.79 Å². The van der Waals surface area contributed by atoms with Crippen LogP contribution in [0.2, 0.25) is 0 Å². The first-order valence-electron chi connectivity index (χ1n) is 6.80. The van der Waals surface area contributed by atoms with Gasteiger partial charge in [0.25, 0.3) is 0 Å². The minimum absolute atomic E-state index is 0.0128. The lowest BCUT2D eigenvalue weighted by Crippen LogP contribution is -2.63.